The first-order chi connectivity index (χ1) is 7.81. The largest absolute Gasteiger partial charge is 0.312 e. The summed E-state index contributed by atoms with van der Waals surface area (Å²) in [5.74, 6) is 0. The van der Waals surface area contributed by atoms with Gasteiger partial charge in [0.2, 0.25) is 0 Å². The van der Waals surface area contributed by atoms with Gasteiger partial charge in [-0.25, -0.2) is 4.98 Å². The van der Waals surface area contributed by atoms with Gasteiger partial charge in [-0.3, -0.25) is 0 Å². The van der Waals surface area contributed by atoms with Crippen molar-refractivity contribution in [3.8, 4) is 0 Å². The quantitative estimate of drug-likeness (QED) is 0.703. The number of rotatable bonds is 8. The van der Waals surface area contributed by atoms with Crippen LogP contribution in [0, 0.1) is 0 Å². The zero-order valence-electron chi connectivity index (χ0n) is 10.8. The van der Waals surface area contributed by atoms with E-state index in [1.165, 1.54) is 34.8 Å². The van der Waals surface area contributed by atoms with Gasteiger partial charge in [-0.1, -0.05) is 33.6 Å². The molecule has 92 valence electrons. The molecule has 2 nitrogen and oxygen atoms in total. The molecule has 0 aliphatic heterocycles. The summed E-state index contributed by atoms with van der Waals surface area (Å²) in [5, 5.41) is 4.80. The lowest BCUT2D eigenvalue weighted by molar-refractivity contribution is 0.641. The molecule has 0 radical (unpaired) electrons. The molecular formula is C13H24N2S. The molecule has 16 heavy (non-hydrogen) atoms. The Kier molecular flexibility index (Phi) is 6.65. The Morgan fingerprint density at radius 1 is 1.19 bits per heavy atom. The number of hydrogen-bond acceptors (Lipinski definition) is 3. The third-order valence-corrected chi connectivity index (χ3v) is 3.85. The van der Waals surface area contributed by atoms with Gasteiger partial charge in [0.1, 0.15) is 0 Å². The van der Waals surface area contributed by atoms with Gasteiger partial charge in [-0.15, -0.1) is 11.3 Å². The SMILES string of the molecule is CCCCNCc1sc(CC)nc1CCC. The Bertz CT molecular complexity index is 294. The summed E-state index contributed by atoms with van der Waals surface area (Å²) < 4.78 is 0. The van der Waals surface area contributed by atoms with Crippen molar-refractivity contribution in [2.75, 3.05) is 6.54 Å². The smallest absolute Gasteiger partial charge is 0.0928 e. The van der Waals surface area contributed by atoms with E-state index in [0.29, 0.717) is 0 Å². The molecule has 0 fully saturated rings. The second-order valence-electron chi connectivity index (χ2n) is 4.11. The zero-order chi connectivity index (χ0) is 11.8. The van der Waals surface area contributed by atoms with Crippen LogP contribution in [0.25, 0.3) is 0 Å². The Balaban J connectivity index is 2.51. The van der Waals surface area contributed by atoms with E-state index in [1.807, 2.05) is 11.3 Å². The zero-order valence-corrected chi connectivity index (χ0v) is 11.6. The molecule has 1 aromatic rings. The molecule has 0 saturated heterocycles. The van der Waals surface area contributed by atoms with Gasteiger partial charge < -0.3 is 5.32 Å². The lowest BCUT2D eigenvalue weighted by Gasteiger charge is -2.03. The number of hydrogen-bond donors (Lipinski definition) is 1. The molecule has 0 aliphatic rings. The third kappa shape index (κ3) is 4.22. The van der Waals surface area contributed by atoms with E-state index >= 15 is 0 Å². The van der Waals surface area contributed by atoms with Crippen LogP contribution in [0.5, 0.6) is 0 Å². The maximum Gasteiger partial charge on any atom is 0.0928 e. The molecule has 0 bridgehead atoms. The predicted molar refractivity (Wildman–Crippen MR) is 72.1 cm³/mol. The summed E-state index contributed by atoms with van der Waals surface area (Å²) in [6.07, 6.45) is 5.91. The fourth-order valence-corrected chi connectivity index (χ4v) is 2.69. The Morgan fingerprint density at radius 3 is 2.62 bits per heavy atom. The number of thiazole rings is 1. The van der Waals surface area contributed by atoms with E-state index < -0.39 is 0 Å². The maximum absolute atomic E-state index is 4.70. The van der Waals surface area contributed by atoms with Crippen LogP contribution in [0.3, 0.4) is 0 Å². The maximum atomic E-state index is 4.70. The van der Waals surface area contributed by atoms with E-state index in [-0.39, 0.29) is 0 Å². The molecule has 1 aromatic heterocycles. The third-order valence-electron chi connectivity index (χ3n) is 2.60. The molecule has 0 atom stereocenters. The van der Waals surface area contributed by atoms with Crippen molar-refractivity contribution < 1.29 is 0 Å². The van der Waals surface area contributed by atoms with Crippen molar-refractivity contribution in [1.29, 1.82) is 0 Å². The second kappa shape index (κ2) is 7.80. The summed E-state index contributed by atoms with van der Waals surface area (Å²) in [7, 11) is 0. The normalized spacial score (nSPS) is 10.9. The molecule has 1 heterocycles. The van der Waals surface area contributed by atoms with Crippen LogP contribution in [-0.2, 0) is 19.4 Å². The highest BCUT2D eigenvalue weighted by atomic mass is 32.1. The fourth-order valence-electron chi connectivity index (χ4n) is 1.66. The highest BCUT2D eigenvalue weighted by molar-refractivity contribution is 7.11. The monoisotopic (exact) mass is 240 g/mol. The molecular weight excluding hydrogens is 216 g/mol. The Labute approximate surface area is 103 Å². The van der Waals surface area contributed by atoms with Crippen molar-refractivity contribution >= 4 is 11.3 Å². The average Bonchev–Trinajstić information content (AvgIpc) is 2.68. The summed E-state index contributed by atoms with van der Waals surface area (Å²) in [6, 6.07) is 0. The first-order valence-electron chi connectivity index (χ1n) is 6.49. The standard InChI is InChI=1S/C13H24N2S/c1-4-7-9-14-10-12-11(8-5-2)15-13(6-3)16-12/h14H,4-10H2,1-3H3. The second-order valence-corrected chi connectivity index (χ2v) is 5.28. The minimum atomic E-state index is 1.01. The van der Waals surface area contributed by atoms with E-state index in [1.54, 1.807) is 0 Å². The van der Waals surface area contributed by atoms with Gasteiger partial charge in [-0.2, -0.15) is 0 Å². The lowest BCUT2D eigenvalue weighted by atomic mass is 10.2. The van der Waals surface area contributed by atoms with Crippen LogP contribution < -0.4 is 5.32 Å². The van der Waals surface area contributed by atoms with E-state index in [2.05, 4.69) is 26.1 Å². The predicted octanol–water partition coefficient (Wildman–Crippen LogP) is 3.55. The molecule has 0 spiro atoms. The first-order valence-corrected chi connectivity index (χ1v) is 7.31. The minimum Gasteiger partial charge on any atom is -0.312 e. The molecule has 0 amide bonds. The summed E-state index contributed by atoms with van der Waals surface area (Å²) >= 11 is 1.88. The number of nitrogens with one attached hydrogen (secondary N) is 1. The van der Waals surface area contributed by atoms with Gasteiger partial charge >= 0.3 is 0 Å². The van der Waals surface area contributed by atoms with Gasteiger partial charge in [0.05, 0.1) is 10.7 Å². The van der Waals surface area contributed by atoms with E-state index in [4.69, 9.17) is 4.98 Å². The van der Waals surface area contributed by atoms with Crippen molar-refractivity contribution in [2.45, 2.75) is 59.4 Å². The molecule has 0 unspecified atom stereocenters. The van der Waals surface area contributed by atoms with E-state index in [0.717, 1.165) is 25.9 Å². The van der Waals surface area contributed by atoms with Crippen LogP contribution in [0.4, 0.5) is 0 Å². The number of nitrogens with zero attached hydrogens (tertiary/aromatic N) is 1. The molecule has 0 aliphatic carbocycles. The first kappa shape index (κ1) is 13.7. The molecule has 1 rings (SSSR count). The summed E-state index contributed by atoms with van der Waals surface area (Å²) in [6.45, 7) is 8.77. The average molecular weight is 240 g/mol. The lowest BCUT2D eigenvalue weighted by Crippen LogP contribution is -2.14. The highest BCUT2D eigenvalue weighted by Gasteiger charge is 2.08. The van der Waals surface area contributed by atoms with Crippen LogP contribution in [-0.4, -0.2) is 11.5 Å². The van der Waals surface area contributed by atoms with Crippen molar-refractivity contribution in [3.05, 3.63) is 15.6 Å². The van der Waals surface area contributed by atoms with Gasteiger partial charge in [0, 0.05) is 11.4 Å². The number of aromatic nitrogens is 1. The molecule has 1 N–H and O–H groups in total. The minimum absolute atomic E-state index is 1.01. The molecule has 3 heteroatoms. The van der Waals surface area contributed by atoms with Gasteiger partial charge in [0.25, 0.3) is 0 Å². The van der Waals surface area contributed by atoms with Crippen molar-refractivity contribution in [2.24, 2.45) is 0 Å². The topological polar surface area (TPSA) is 24.9 Å². The van der Waals surface area contributed by atoms with Crippen LogP contribution in [0.1, 0.15) is 55.6 Å². The van der Waals surface area contributed by atoms with Crippen LogP contribution in [0.15, 0.2) is 0 Å². The van der Waals surface area contributed by atoms with E-state index in [9.17, 15) is 0 Å². The molecule has 0 aromatic carbocycles. The van der Waals surface area contributed by atoms with Crippen LogP contribution >= 0.6 is 11.3 Å². The number of aryl methyl sites for hydroxylation is 2. The van der Waals surface area contributed by atoms with Crippen LogP contribution in [0.2, 0.25) is 0 Å². The Hall–Kier alpha value is -0.410. The van der Waals surface area contributed by atoms with Crippen molar-refractivity contribution in [3.63, 3.8) is 0 Å². The van der Waals surface area contributed by atoms with Crippen molar-refractivity contribution in [1.82, 2.24) is 10.3 Å². The van der Waals surface area contributed by atoms with Gasteiger partial charge in [0.15, 0.2) is 0 Å². The highest BCUT2D eigenvalue weighted by Crippen LogP contribution is 2.20. The van der Waals surface area contributed by atoms with Gasteiger partial charge in [-0.05, 0) is 25.8 Å². The molecule has 0 saturated carbocycles. The fraction of sp³-hybridized carbons (Fsp3) is 0.769. The summed E-state index contributed by atoms with van der Waals surface area (Å²) in [5.41, 5.74) is 1.33. The Morgan fingerprint density at radius 2 is 2.00 bits per heavy atom. The summed E-state index contributed by atoms with van der Waals surface area (Å²) in [4.78, 5) is 6.15. The number of unbranched alkanes of at least 4 members (excludes halogenated alkanes) is 1.